The largest absolute Gasteiger partial charge is 0.382 e. The topological polar surface area (TPSA) is 93.1 Å². The molecule has 0 heterocycles. The Morgan fingerprint density at radius 1 is 1.32 bits per heavy atom. The molecule has 0 amide bonds. The molecule has 1 atom stereocenters. The van der Waals surface area contributed by atoms with Gasteiger partial charge in [-0.15, -0.1) is 0 Å². The lowest BCUT2D eigenvalue weighted by Gasteiger charge is -2.14. The van der Waals surface area contributed by atoms with E-state index in [0.717, 1.165) is 5.56 Å². The van der Waals surface area contributed by atoms with Crippen LogP contribution in [0.3, 0.4) is 0 Å². The first-order chi connectivity index (χ1) is 8.84. The van der Waals surface area contributed by atoms with Crippen LogP contribution in [0.1, 0.15) is 11.1 Å². The minimum absolute atomic E-state index is 0.138. The summed E-state index contributed by atoms with van der Waals surface area (Å²) in [6.45, 7) is 2.39. The molecule has 0 bridgehead atoms. The van der Waals surface area contributed by atoms with Gasteiger partial charge in [-0.25, -0.2) is 0 Å². The van der Waals surface area contributed by atoms with Gasteiger partial charge in [0, 0.05) is 13.5 Å². The summed E-state index contributed by atoms with van der Waals surface area (Å²) in [6, 6.07) is 4.21. The van der Waals surface area contributed by atoms with Crippen molar-refractivity contribution in [1.82, 2.24) is 0 Å². The Bertz CT molecular complexity index is 511. The fourth-order valence-corrected chi connectivity index (χ4v) is 2.07. The molecule has 0 aromatic heterocycles. The van der Waals surface area contributed by atoms with Crippen LogP contribution in [0.2, 0.25) is 0 Å². The second-order valence-electron chi connectivity index (χ2n) is 4.09. The minimum Gasteiger partial charge on any atom is -0.382 e. The second kappa shape index (κ2) is 6.97. The summed E-state index contributed by atoms with van der Waals surface area (Å²) in [5.41, 5.74) is 1.40. The Balaban J connectivity index is 2.77. The van der Waals surface area contributed by atoms with Gasteiger partial charge < -0.3 is 14.6 Å². The van der Waals surface area contributed by atoms with Gasteiger partial charge >= 0.3 is 0 Å². The predicted molar refractivity (Wildman–Crippen MR) is 68.5 cm³/mol. The first-order valence-corrected chi connectivity index (χ1v) is 7.14. The number of ether oxygens (including phenoxy) is 2. The van der Waals surface area contributed by atoms with Crippen molar-refractivity contribution in [2.75, 3.05) is 20.3 Å². The molecule has 0 aliphatic carbocycles. The molecule has 0 radical (unpaired) electrons. The van der Waals surface area contributed by atoms with Gasteiger partial charge in [0.1, 0.15) is 0 Å². The van der Waals surface area contributed by atoms with Gasteiger partial charge in [0.15, 0.2) is 6.29 Å². The Hall–Kier alpha value is -0.990. The van der Waals surface area contributed by atoms with Crippen LogP contribution < -0.4 is 0 Å². The molecule has 1 aromatic rings. The Labute approximate surface area is 112 Å². The van der Waals surface area contributed by atoms with Crippen molar-refractivity contribution >= 4 is 10.1 Å². The zero-order chi connectivity index (χ0) is 14.5. The highest BCUT2D eigenvalue weighted by atomic mass is 32.2. The van der Waals surface area contributed by atoms with E-state index in [-0.39, 0.29) is 17.9 Å². The zero-order valence-electron chi connectivity index (χ0n) is 10.9. The molecule has 108 valence electrons. The molecular formula is C12H18O6S. The van der Waals surface area contributed by atoms with Crippen molar-refractivity contribution in [3.05, 3.63) is 29.3 Å². The quantitative estimate of drug-likeness (QED) is 0.437. The molecule has 0 saturated heterocycles. The molecule has 0 aliphatic rings. The maximum absolute atomic E-state index is 11.0. The Kier molecular flexibility index (Phi) is 5.89. The normalized spacial score (nSPS) is 13.5. The fourth-order valence-electron chi connectivity index (χ4n) is 1.54. The van der Waals surface area contributed by atoms with E-state index in [9.17, 15) is 13.5 Å². The van der Waals surface area contributed by atoms with Crippen molar-refractivity contribution in [3.8, 4) is 0 Å². The monoisotopic (exact) mass is 290 g/mol. The minimum atomic E-state index is -4.24. The summed E-state index contributed by atoms with van der Waals surface area (Å²) in [5.74, 6) is 0. The SMILES string of the molecule is COCCOC(O)Cc1cc(S(=O)(=O)O)ccc1C. The molecule has 2 N–H and O–H groups in total. The van der Waals surface area contributed by atoms with E-state index >= 15 is 0 Å². The number of aliphatic hydroxyl groups excluding tert-OH is 1. The van der Waals surface area contributed by atoms with E-state index < -0.39 is 16.4 Å². The summed E-state index contributed by atoms with van der Waals surface area (Å²) in [5, 5.41) is 9.66. The van der Waals surface area contributed by atoms with E-state index in [1.807, 2.05) is 0 Å². The lowest BCUT2D eigenvalue weighted by atomic mass is 10.1. The zero-order valence-corrected chi connectivity index (χ0v) is 11.7. The Morgan fingerprint density at radius 3 is 2.58 bits per heavy atom. The van der Waals surface area contributed by atoms with Crippen molar-refractivity contribution in [1.29, 1.82) is 0 Å². The average Bonchev–Trinajstić information content (AvgIpc) is 2.31. The van der Waals surface area contributed by atoms with Crippen LogP contribution in [0.15, 0.2) is 23.1 Å². The number of hydrogen-bond acceptors (Lipinski definition) is 5. The van der Waals surface area contributed by atoms with Crippen LogP contribution in [0.4, 0.5) is 0 Å². The maximum atomic E-state index is 11.0. The summed E-state index contributed by atoms with van der Waals surface area (Å²) in [4.78, 5) is -0.197. The van der Waals surface area contributed by atoms with Gasteiger partial charge in [-0.1, -0.05) is 6.07 Å². The van der Waals surface area contributed by atoms with Crippen LogP contribution in [-0.4, -0.2) is 44.7 Å². The van der Waals surface area contributed by atoms with Crippen molar-refractivity contribution in [2.45, 2.75) is 24.5 Å². The third-order valence-corrected chi connectivity index (χ3v) is 3.46. The van der Waals surface area contributed by atoms with E-state index in [1.54, 1.807) is 13.0 Å². The molecule has 0 aliphatic heterocycles. The number of aryl methyl sites for hydroxylation is 1. The van der Waals surface area contributed by atoms with Gasteiger partial charge in [0.25, 0.3) is 10.1 Å². The van der Waals surface area contributed by atoms with E-state index in [0.29, 0.717) is 12.2 Å². The smallest absolute Gasteiger partial charge is 0.294 e. The number of benzene rings is 1. The van der Waals surface area contributed by atoms with Crippen LogP contribution >= 0.6 is 0 Å². The van der Waals surface area contributed by atoms with E-state index in [1.165, 1.54) is 19.2 Å². The molecule has 0 saturated carbocycles. The summed E-state index contributed by atoms with van der Waals surface area (Å²) in [6.07, 6.45) is -0.913. The van der Waals surface area contributed by atoms with Crippen LogP contribution in [0.5, 0.6) is 0 Å². The molecule has 1 aromatic carbocycles. The summed E-state index contributed by atoms with van der Waals surface area (Å²) in [7, 11) is -2.72. The molecule has 1 unspecified atom stereocenters. The first kappa shape index (κ1) is 16.1. The van der Waals surface area contributed by atoms with Crippen LogP contribution in [0.25, 0.3) is 0 Å². The summed E-state index contributed by atoms with van der Waals surface area (Å²) >= 11 is 0. The number of hydrogen-bond donors (Lipinski definition) is 2. The number of aliphatic hydroxyl groups is 1. The highest BCUT2D eigenvalue weighted by molar-refractivity contribution is 7.85. The van der Waals surface area contributed by atoms with Gasteiger partial charge in [0.05, 0.1) is 18.1 Å². The lowest BCUT2D eigenvalue weighted by molar-refractivity contribution is -0.108. The molecular weight excluding hydrogens is 272 g/mol. The molecule has 19 heavy (non-hydrogen) atoms. The molecule has 1 rings (SSSR count). The first-order valence-electron chi connectivity index (χ1n) is 5.70. The van der Waals surface area contributed by atoms with Gasteiger partial charge in [-0.3, -0.25) is 4.55 Å². The highest BCUT2D eigenvalue weighted by Gasteiger charge is 2.14. The third-order valence-electron chi connectivity index (χ3n) is 2.61. The Morgan fingerprint density at radius 2 is 2.00 bits per heavy atom. The van der Waals surface area contributed by atoms with E-state index in [4.69, 9.17) is 14.0 Å². The van der Waals surface area contributed by atoms with Crippen LogP contribution in [0, 0.1) is 6.92 Å². The number of rotatable bonds is 7. The molecule has 0 fully saturated rings. The molecule has 0 spiro atoms. The van der Waals surface area contributed by atoms with Crippen molar-refractivity contribution in [3.63, 3.8) is 0 Å². The second-order valence-corrected chi connectivity index (χ2v) is 5.51. The average molecular weight is 290 g/mol. The molecule has 6 nitrogen and oxygen atoms in total. The van der Waals surface area contributed by atoms with Gasteiger partial charge in [-0.2, -0.15) is 8.42 Å². The highest BCUT2D eigenvalue weighted by Crippen LogP contribution is 2.17. The predicted octanol–water partition coefficient (Wildman–Crippen LogP) is 0.766. The fraction of sp³-hybridized carbons (Fsp3) is 0.500. The number of methoxy groups -OCH3 is 1. The van der Waals surface area contributed by atoms with Crippen molar-refractivity contribution < 1.29 is 27.6 Å². The maximum Gasteiger partial charge on any atom is 0.294 e. The summed E-state index contributed by atoms with van der Waals surface area (Å²) < 4.78 is 40.9. The van der Waals surface area contributed by atoms with Crippen molar-refractivity contribution in [2.24, 2.45) is 0 Å². The van der Waals surface area contributed by atoms with Gasteiger partial charge in [-0.05, 0) is 30.2 Å². The lowest BCUT2D eigenvalue weighted by Crippen LogP contribution is -2.18. The standard InChI is InChI=1S/C12H18O6S/c1-9-3-4-11(19(14,15)16)7-10(9)8-12(13)18-6-5-17-2/h3-4,7,12-13H,5-6,8H2,1-2H3,(H,14,15,16). The molecule has 7 heteroatoms. The van der Waals surface area contributed by atoms with E-state index in [2.05, 4.69) is 0 Å². The third kappa shape index (κ3) is 5.25. The van der Waals surface area contributed by atoms with Crippen LogP contribution in [-0.2, 0) is 26.0 Å². The van der Waals surface area contributed by atoms with Gasteiger partial charge in [0.2, 0.25) is 0 Å².